The molecule has 10 nitrogen and oxygen atoms in total. The Balaban J connectivity index is 1.63. The third kappa shape index (κ3) is 10.3. The summed E-state index contributed by atoms with van der Waals surface area (Å²) in [5.74, 6) is -1.87. The lowest BCUT2D eigenvalue weighted by molar-refractivity contribution is 0.00569. The van der Waals surface area contributed by atoms with E-state index in [1.54, 1.807) is 7.11 Å². The Morgan fingerprint density at radius 3 is 1.17 bits per heavy atom. The van der Waals surface area contributed by atoms with E-state index in [4.69, 9.17) is 28.4 Å². The Hall–Kier alpha value is -3.60. The summed E-state index contributed by atoms with van der Waals surface area (Å²) in [4.78, 5) is 47.5. The molecule has 0 fully saturated rings. The van der Waals surface area contributed by atoms with Crippen molar-refractivity contribution in [2.75, 3.05) is 60.0 Å². The van der Waals surface area contributed by atoms with Crippen LogP contribution in [-0.2, 0) is 28.4 Å². The van der Waals surface area contributed by atoms with Crippen molar-refractivity contribution in [1.29, 1.82) is 0 Å². The van der Waals surface area contributed by atoms with Crippen LogP contribution in [-0.4, -0.2) is 83.7 Å². The Labute approximate surface area is 209 Å². The topological polar surface area (TPSA) is 124 Å². The van der Waals surface area contributed by atoms with Crippen LogP contribution >= 0.6 is 0 Å². The zero-order valence-electron chi connectivity index (χ0n) is 20.4. The summed E-state index contributed by atoms with van der Waals surface area (Å²) >= 11 is 0. The van der Waals surface area contributed by atoms with Crippen molar-refractivity contribution in [2.45, 2.75) is 6.92 Å². The van der Waals surface area contributed by atoms with Gasteiger partial charge >= 0.3 is 17.9 Å². The maximum Gasteiger partial charge on any atom is 0.338 e. The molecule has 0 radical (unpaired) electrons. The molecular formula is C26H30O10. The van der Waals surface area contributed by atoms with Gasteiger partial charge in [0.05, 0.1) is 49.7 Å². The van der Waals surface area contributed by atoms with Crippen LogP contribution in [0.4, 0.5) is 0 Å². The molecule has 0 N–H and O–H groups in total. The van der Waals surface area contributed by atoms with Crippen molar-refractivity contribution in [2.24, 2.45) is 0 Å². The van der Waals surface area contributed by atoms with Crippen LogP contribution in [0.15, 0.2) is 48.5 Å². The van der Waals surface area contributed by atoms with Crippen molar-refractivity contribution in [1.82, 2.24) is 0 Å². The molecule has 2 aromatic rings. The van der Waals surface area contributed by atoms with Gasteiger partial charge in [-0.15, -0.1) is 0 Å². The zero-order chi connectivity index (χ0) is 26.2. The highest BCUT2D eigenvalue weighted by Gasteiger charge is 2.12. The third-order valence-electron chi connectivity index (χ3n) is 4.70. The maximum atomic E-state index is 12.2. The molecule has 0 saturated carbocycles. The van der Waals surface area contributed by atoms with Crippen LogP contribution in [0.2, 0.25) is 0 Å². The van der Waals surface area contributed by atoms with Gasteiger partial charge in [0.2, 0.25) is 0 Å². The Morgan fingerprint density at radius 2 is 0.806 bits per heavy atom. The van der Waals surface area contributed by atoms with Crippen LogP contribution in [0.5, 0.6) is 0 Å². The summed E-state index contributed by atoms with van der Waals surface area (Å²) < 4.78 is 30.7. The van der Waals surface area contributed by atoms with Gasteiger partial charge in [0.15, 0.2) is 5.78 Å². The van der Waals surface area contributed by atoms with E-state index in [0.717, 1.165) is 0 Å². The van der Waals surface area contributed by atoms with E-state index in [-0.39, 0.29) is 48.9 Å². The van der Waals surface area contributed by atoms with Crippen molar-refractivity contribution in [3.05, 3.63) is 70.8 Å². The fraction of sp³-hybridized carbons (Fsp3) is 0.385. The number of carbonyl (C=O) groups is 4. The van der Waals surface area contributed by atoms with E-state index in [9.17, 15) is 19.2 Å². The lowest BCUT2D eigenvalue weighted by Gasteiger charge is -2.08. The average molecular weight is 503 g/mol. The molecule has 36 heavy (non-hydrogen) atoms. The predicted molar refractivity (Wildman–Crippen MR) is 127 cm³/mol. The smallest absolute Gasteiger partial charge is 0.338 e. The maximum absolute atomic E-state index is 12.2. The Kier molecular flexibility index (Phi) is 12.8. The minimum atomic E-state index is -0.627. The van der Waals surface area contributed by atoms with Crippen LogP contribution in [0.1, 0.15) is 48.4 Å². The van der Waals surface area contributed by atoms with Gasteiger partial charge in [0.1, 0.15) is 19.8 Å². The van der Waals surface area contributed by atoms with Crippen molar-refractivity contribution in [3.63, 3.8) is 0 Å². The van der Waals surface area contributed by atoms with Crippen molar-refractivity contribution < 1.29 is 47.6 Å². The second kappa shape index (κ2) is 16.1. The quantitative estimate of drug-likeness (QED) is 0.146. The molecule has 0 saturated heterocycles. The van der Waals surface area contributed by atoms with E-state index in [2.05, 4.69) is 0 Å². The summed E-state index contributed by atoms with van der Waals surface area (Å²) in [6.45, 7) is 3.29. The van der Waals surface area contributed by atoms with E-state index in [1.807, 2.05) is 0 Å². The summed E-state index contributed by atoms with van der Waals surface area (Å²) in [6, 6.07) is 11.8. The predicted octanol–water partition coefficient (Wildman–Crippen LogP) is 2.74. The minimum Gasteiger partial charge on any atom is -0.460 e. The van der Waals surface area contributed by atoms with Crippen LogP contribution in [0, 0.1) is 0 Å². The summed E-state index contributed by atoms with van der Waals surface area (Å²) in [6.07, 6.45) is 0. The number of carbonyl (C=O) groups excluding carboxylic acids is 4. The van der Waals surface area contributed by atoms with Gasteiger partial charge in [0.25, 0.3) is 0 Å². The molecule has 0 aromatic heterocycles. The van der Waals surface area contributed by atoms with Gasteiger partial charge < -0.3 is 28.4 Å². The fourth-order valence-electron chi connectivity index (χ4n) is 2.76. The summed E-state index contributed by atoms with van der Waals surface area (Å²) in [5.41, 5.74) is 1.28. The molecule has 0 amide bonds. The van der Waals surface area contributed by atoms with E-state index in [1.165, 1.54) is 55.5 Å². The number of methoxy groups -OCH3 is 1. The molecule has 194 valence electrons. The number of hydrogen-bond acceptors (Lipinski definition) is 10. The minimum absolute atomic E-state index is 0.0836. The standard InChI is InChI=1S/C26H30O10/c1-19(27)20-3-5-21(6-4-20)25(29)35-17-18-36-26(30)23-9-7-22(8-10-23)24(28)34-16-15-33-14-13-32-12-11-31-2/h3-10H,11-18H2,1-2H3. The highest BCUT2D eigenvalue weighted by molar-refractivity contribution is 5.96. The Morgan fingerprint density at radius 1 is 0.500 bits per heavy atom. The van der Waals surface area contributed by atoms with Gasteiger partial charge in [-0.25, -0.2) is 14.4 Å². The van der Waals surface area contributed by atoms with Gasteiger partial charge in [-0.3, -0.25) is 4.79 Å². The molecule has 2 rings (SSSR count). The SMILES string of the molecule is COCCOCCOCCOC(=O)c1ccc(C(=O)OCCOC(=O)c2ccc(C(C)=O)cc2)cc1. The largest absolute Gasteiger partial charge is 0.460 e. The average Bonchev–Trinajstić information content (AvgIpc) is 2.90. The molecular weight excluding hydrogens is 472 g/mol. The number of benzene rings is 2. The highest BCUT2D eigenvalue weighted by Crippen LogP contribution is 2.09. The van der Waals surface area contributed by atoms with E-state index in [0.29, 0.717) is 32.0 Å². The van der Waals surface area contributed by atoms with Crippen LogP contribution in [0.25, 0.3) is 0 Å². The van der Waals surface area contributed by atoms with Crippen LogP contribution < -0.4 is 0 Å². The molecule has 0 aliphatic carbocycles. The van der Waals surface area contributed by atoms with Gasteiger partial charge in [-0.1, -0.05) is 12.1 Å². The first kappa shape index (κ1) is 28.6. The number of esters is 3. The first-order chi connectivity index (χ1) is 17.4. The first-order valence-electron chi connectivity index (χ1n) is 11.3. The summed E-state index contributed by atoms with van der Waals surface area (Å²) in [5, 5.41) is 0. The van der Waals surface area contributed by atoms with Gasteiger partial charge in [-0.05, 0) is 43.3 Å². The molecule has 0 bridgehead atoms. The monoisotopic (exact) mass is 502 g/mol. The Bertz CT molecular complexity index is 983. The number of Topliss-reactive ketones (excluding diaryl/α,β-unsaturated/α-hetero) is 1. The molecule has 0 aliphatic heterocycles. The lowest BCUT2D eigenvalue weighted by Crippen LogP contribution is -2.15. The number of ketones is 1. The van der Waals surface area contributed by atoms with Gasteiger partial charge in [0, 0.05) is 12.7 Å². The van der Waals surface area contributed by atoms with Crippen LogP contribution in [0.3, 0.4) is 0 Å². The molecule has 0 unspecified atom stereocenters. The second-order valence-electron chi connectivity index (χ2n) is 7.34. The van der Waals surface area contributed by atoms with E-state index >= 15 is 0 Å². The number of rotatable bonds is 16. The number of ether oxygens (including phenoxy) is 6. The van der Waals surface area contributed by atoms with Crippen molar-refractivity contribution >= 4 is 23.7 Å². The normalized spacial score (nSPS) is 10.5. The van der Waals surface area contributed by atoms with E-state index < -0.39 is 17.9 Å². The molecule has 0 aliphatic rings. The third-order valence-corrected chi connectivity index (χ3v) is 4.70. The lowest BCUT2D eigenvalue weighted by atomic mass is 10.1. The zero-order valence-corrected chi connectivity index (χ0v) is 20.4. The highest BCUT2D eigenvalue weighted by atomic mass is 16.6. The first-order valence-corrected chi connectivity index (χ1v) is 11.3. The fourth-order valence-corrected chi connectivity index (χ4v) is 2.76. The molecule has 10 heteroatoms. The van der Waals surface area contributed by atoms with Crippen molar-refractivity contribution in [3.8, 4) is 0 Å². The molecule has 0 atom stereocenters. The molecule has 2 aromatic carbocycles. The summed E-state index contributed by atoms with van der Waals surface area (Å²) in [7, 11) is 1.59. The molecule has 0 spiro atoms. The molecule has 0 heterocycles. The second-order valence-corrected chi connectivity index (χ2v) is 7.34. The van der Waals surface area contributed by atoms with Gasteiger partial charge in [-0.2, -0.15) is 0 Å². The number of hydrogen-bond donors (Lipinski definition) is 0.